The van der Waals surface area contributed by atoms with Crippen LogP contribution in [-0.2, 0) is 10.7 Å². The number of hydrogen-bond donors (Lipinski definition) is 2. The molecule has 0 aliphatic carbocycles. The fraction of sp³-hybridized carbons (Fsp3) is 0.222. The van der Waals surface area contributed by atoms with Crippen molar-refractivity contribution in [2.45, 2.75) is 25.8 Å². The zero-order valence-electron chi connectivity index (χ0n) is 14.7. The Balaban J connectivity index is 2.03. The van der Waals surface area contributed by atoms with Gasteiger partial charge in [-0.15, -0.1) is 0 Å². The molecule has 0 aliphatic rings. The molecule has 0 fully saturated rings. The molecular weight excluding hydrogens is 441 g/mol. The van der Waals surface area contributed by atoms with Gasteiger partial charge in [0.1, 0.15) is 22.1 Å². The van der Waals surface area contributed by atoms with E-state index in [9.17, 15) is 18.0 Å². The number of hydrogen-bond acceptors (Lipinski definition) is 5. The molecule has 0 bridgehead atoms. The highest BCUT2D eigenvalue weighted by molar-refractivity contribution is 9.10. The van der Waals surface area contributed by atoms with E-state index < -0.39 is 29.3 Å². The number of benzene rings is 1. The van der Waals surface area contributed by atoms with Crippen molar-refractivity contribution in [3.8, 4) is 0 Å². The SMILES string of the molecule is Cc1nc(NC(C)c2cccc(C(F)(F)C(=O)O)c2F)c2cc(Br)ncc2n1. The number of carboxylic acid groups (broad SMARTS) is 1. The maximum absolute atomic E-state index is 14.7. The summed E-state index contributed by atoms with van der Waals surface area (Å²) in [4.78, 5) is 23.5. The first-order chi connectivity index (χ1) is 13.1. The van der Waals surface area contributed by atoms with Crippen LogP contribution in [0, 0.1) is 12.7 Å². The molecular formula is C18H14BrF3N4O2. The van der Waals surface area contributed by atoms with Crippen LogP contribution in [0.15, 0.2) is 35.1 Å². The van der Waals surface area contributed by atoms with Gasteiger partial charge in [-0.1, -0.05) is 12.1 Å². The van der Waals surface area contributed by atoms with Crippen molar-refractivity contribution in [3.05, 3.63) is 57.8 Å². The number of aliphatic carboxylic acids is 1. The first kappa shape index (κ1) is 20.0. The van der Waals surface area contributed by atoms with E-state index in [0.717, 1.165) is 6.07 Å². The average Bonchev–Trinajstić information content (AvgIpc) is 2.62. The molecule has 0 saturated heterocycles. The second-order valence-electron chi connectivity index (χ2n) is 6.10. The number of carbonyl (C=O) groups is 1. The molecule has 2 heterocycles. The Morgan fingerprint density at radius 2 is 2.04 bits per heavy atom. The van der Waals surface area contributed by atoms with E-state index in [0.29, 0.717) is 27.1 Å². The van der Waals surface area contributed by atoms with Crippen molar-refractivity contribution in [1.82, 2.24) is 15.0 Å². The Hall–Kier alpha value is -2.75. The number of nitrogens with one attached hydrogen (secondary N) is 1. The fourth-order valence-corrected chi connectivity index (χ4v) is 3.09. The molecule has 0 radical (unpaired) electrons. The second kappa shape index (κ2) is 7.34. The first-order valence-electron chi connectivity index (χ1n) is 8.07. The van der Waals surface area contributed by atoms with Crippen LogP contribution in [0.3, 0.4) is 0 Å². The molecule has 10 heteroatoms. The van der Waals surface area contributed by atoms with Crippen molar-refractivity contribution in [3.63, 3.8) is 0 Å². The van der Waals surface area contributed by atoms with Crippen molar-refractivity contribution in [1.29, 1.82) is 0 Å². The first-order valence-corrected chi connectivity index (χ1v) is 8.87. The van der Waals surface area contributed by atoms with Crippen molar-refractivity contribution in [2.75, 3.05) is 5.32 Å². The van der Waals surface area contributed by atoms with Gasteiger partial charge in [0.05, 0.1) is 23.3 Å². The fourth-order valence-electron chi connectivity index (χ4n) is 2.76. The van der Waals surface area contributed by atoms with Gasteiger partial charge >= 0.3 is 11.9 Å². The van der Waals surface area contributed by atoms with Gasteiger partial charge in [-0.25, -0.2) is 24.1 Å². The molecule has 2 aromatic heterocycles. The number of aromatic nitrogens is 3. The van der Waals surface area contributed by atoms with E-state index in [1.807, 2.05) is 0 Å². The summed E-state index contributed by atoms with van der Waals surface area (Å²) in [6, 6.07) is 4.14. The summed E-state index contributed by atoms with van der Waals surface area (Å²) in [5.74, 6) is -7.23. The summed E-state index contributed by atoms with van der Waals surface area (Å²) in [7, 11) is 0. The minimum absolute atomic E-state index is 0.115. The number of halogens is 4. The van der Waals surface area contributed by atoms with Gasteiger partial charge in [-0.2, -0.15) is 8.78 Å². The molecule has 28 heavy (non-hydrogen) atoms. The summed E-state index contributed by atoms with van der Waals surface area (Å²) in [5.41, 5.74) is -0.755. The van der Waals surface area contributed by atoms with Crippen LogP contribution in [0.2, 0.25) is 0 Å². The Kier molecular flexibility index (Phi) is 5.24. The largest absolute Gasteiger partial charge is 0.477 e. The van der Waals surface area contributed by atoms with Crippen LogP contribution in [0.1, 0.15) is 29.9 Å². The summed E-state index contributed by atoms with van der Waals surface area (Å²) < 4.78 is 42.9. The highest BCUT2D eigenvalue weighted by Gasteiger charge is 2.44. The molecule has 3 rings (SSSR count). The van der Waals surface area contributed by atoms with Gasteiger partial charge in [0.15, 0.2) is 0 Å². The van der Waals surface area contributed by atoms with Crippen LogP contribution in [0.4, 0.5) is 19.0 Å². The van der Waals surface area contributed by atoms with E-state index in [2.05, 4.69) is 36.2 Å². The van der Waals surface area contributed by atoms with Crippen LogP contribution >= 0.6 is 15.9 Å². The summed E-state index contributed by atoms with van der Waals surface area (Å²) >= 11 is 3.26. The second-order valence-corrected chi connectivity index (χ2v) is 6.91. The Morgan fingerprint density at radius 1 is 1.32 bits per heavy atom. The number of rotatable bonds is 5. The number of pyridine rings is 1. The van der Waals surface area contributed by atoms with Gasteiger partial charge in [-0.05, 0) is 41.9 Å². The smallest absolute Gasteiger partial charge is 0.379 e. The van der Waals surface area contributed by atoms with E-state index >= 15 is 0 Å². The summed E-state index contributed by atoms with van der Waals surface area (Å²) in [5, 5.41) is 12.3. The lowest BCUT2D eigenvalue weighted by atomic mass is 10.00. The average molecular weight is 455 g/mol. The standard InChI is InChI=1S/C18H14BrF3N4O2/c1-8(10-4-3-5-12(15(10)20)18(21,22)17(27)28)24-16-11-6-14(19)23-7-13(11)25-9(2)26-16/h3-8H,1-2H3,(H,27,28)(H,24,25,26). The van der Waals surface area contributed by atoms with Crippen LogP contribution in [-0.4, -0.2) is 26.0 Å². The number of fused-ring (bicyclic) bond motifs is 1. The monoisotopic (exact) mass is 454 g/mol. The predicted octanol–water partition coefficient (Wildman–Crippen LogP) is 4.58. The zero-order valence-corrected chi connectivity index (χ0v) is 16.3. The van der Waals surface area contributed by atoms with Crippen LogP contribution in [0.25, 0.3) is 10.9 Å². The molecule has 0 amide bonds. The maximum Gasteiger partial charge on any atom is 0.379 e. The van der Waals surface area contributed by atoms with E-state index in [1.54, 1.807) is 26.1 Å². The lowest BCUT2D eigenvalue weighted by molar-refractivity contribution is -0.166. The zero-order chi connectivity index (χ0) is 20.6. The van der Waals surface area contributed by atoms with Crippen molar-refractivity contribution in [2.24, 2.45) is 0 Å². The number of alkyl halides is 2. The highest BCUT2D eigenvalue weighted by Crippen LogP contribution is 2.34. The minimum atomic E-state index is -4.34. The molecule has 2 N–H and O–H groups in total. The van der Waals surface area contributed by atoms with Crippen LogP contribution < -0.4 is 5.32 Å². The van der Waals surface area contributed by atoms with Crippen molar-refractivity contribution >= 4 is 38.6 Å². The number of carboxylic acids is 1. The molecule has 0 aliphatic heterocycles. The van der Waals surface area contributed by atoms with Gasteiger partial charge < -0.3 is 10.4 Å². The third-order valence-corrected chi connectivity index (χ3v) is 4.55. The van der Waals surface area contributed by atoms with E-state index in [4.69, 9.17) is 5.11 Å². The molecule has 6 nitrogen and oxygen atoms in total. The summed E-state index contributed by atoms with van der Waals surface area (Å²) in [6.45, 7) is 3.23. The van der Waals surface area contributed by atoms with Gasteiger partial charge in [0.2, 0.25) is 0 Å². The maximum atomic E-state index is 14.7. The molecule has 146 valence electrons. The molecule has 3 aromatic rings. The molecule has 1 atom stereocenters. The normalized spacial score (nSPS) is 12.8. The van der Waals surface area contributed by atoms with Crippen LogP contribution in [0.5, 0.6) is 0 Å². The summed E-state index contributed by atoms with van der Waals surface area (Å²) in [6.07, 6.45) is 1.54. The van der Waals surface area contributed by atoms with Crippen molar-refractivity contribution < 1.29 is 23.1 Å². The quantitative estimate of drug-likeness (QED) is 0.548. The topological polar surface area (TPSA) is 88.0 Å². The third kappa shape index (κ3) is 3.64. The van der Waals surface area contributed by atoms with Gasteiger partial charge in [0.25, 0.3) is 0 Å². The van der Waals surface area contributed by atoms with Gasteiger partial charge in [-0.3, -0.25) is 0 Å². The Bertz CT molecular complexity index is 1080. The highest BCUT2D eigenvalue weighted by atomic mass is 79.9. The lowest BCUT2D eigenvalue weighted by Gasteiger charge is -2.20. The molecule has 0 saturated carbocycles. The molecule has 1 aromatic carbocycles. The van der Waals surface area contributed by atoms with Gasteiger partial charge in [0, 0.05) is 10.9 Å². The minimum Gasteiger partial charge on any atom is -0.477 e. The molecule has 0 spiro atoms. The number of anilines is 1. The number of aryl methyl sites for hydroxylation is 1. The molecule has 1 unspecified atom stereocenters. The number of nitrogens with zero attached hydrogens (tertiary/aromatic N) is 3. The lowest BCUT2D eigenvalue weighted by Crippen LogP contribution is -2.27. The van der Waals surface area contributed by atoms with E-state index in [1.165, 1.54) is 12.1 Å². The van der Waals surface area contributed by atoms with E-state index in [-0.39, 0.29) is 5.56 Å². The Morgan fingerprint density at radius 3 is 2.71 bits per heavy atom. The third-order valence-electron chi connectivity index (χ3n) is 4.12. The predicted molar refractivity (Wildman–Crippen MR) is 99.7 cm³/mol. The Labute approximate surface area is 166 Å².